The Morgan fingerprint density at radius 2 is 1.68 bits per heavy atom. The number of carbonyl (C=O) groups is 2. The minimum Gasteiger partial charge on any atom is -0.368 e. The summed E-state index contributed by atoms with van der Waals surface area (Å²) >= 11 is 0. The Hall–Kier alpha value is -3.48. The molecular formula is C18H17N5O2. The molecule has 7 heteroatoms. The summed E-state index contributed by atoms with van der Waals surface area (Å²) in [5.74, 6) is -0.972. The molecule has 25 heavy (non-hydrogen) atoms. The van der Waals surface area contributed by atoms with Crippen molar-refractivity contribution in [3.8, 4) is 5.69 Å². The molecule has 0 fully saturated rings. The summed E-state index contributed by atoms with van der Waals surface area (Å²) < 4.78 is 0. The fourth-order valence-corrected chi connectivity index (χ4v) is 2.40. The summed E-state index contributed by atoms with van der Waals surface area (Å²) in [6.07, 6.45) is 1.53. The van der Waals surface area contributed by atoms with Gasteiger partial charge >= 0.3 is 0 Å². The Labute approximate surface area is 144 Å². The fraction of sp³-hybridized carbons (Fsp3) is 0.111. The maximum absolute atomic E-state index is 12.3. The Balaban J connectivity index is 1.68. The van der Waals surface area contributed by atoms with Gasteiger partial charge < -0.3 is 11.1 Å². The second kappa shape index (κ2) is 7.39. The van der Waals surface area contributed by atoms with Gasteiger partial charge in [0.25, 0.3) is 0 Å². The van der Waals surface area contributed by atoms with Gasteiger partial charge in [-0.3, -0.25) is 9.59 Å². The van der Waals surface area contributed by atoms with Crippen molar-refractivity contribution in [2.24, 2.45) is 5.73 Å². The number of hydrogen-bond acceptors (Lipinski definition) is 4. The van der Waals surface area contributed by atoms with Crippen LogP contribution in [0.25, 0.3) is 5.69 Å². The van der Waals surface area contributed by atoms with E-state index in [1.54, 1.807) is 24.3 Å². The van der Waals surface area contributed by atoms with Crippen molar-refractivity contribution >= 4 is 11.8 Å². The highest BCUT2D eigenvalue weighted by Gasteiger charge is 2.20. The first-order valence-electron chi connectivity index (χ1n) is 7.74. The highest BCUT2D eigenvalue weighted by atomic mass is 16.2. The zero-order chi connectivity index (χ0) is 17.6. The highest BCUT2D eigenvalue weighted by molar-refractivity contribution is 5.88. The molecule has 1 atom stereocenters. The average molecular weight is 335 g/mol. The number of benzene rings is 2. The number of amides is 2. The van der Waals surface area contributed by atoms with Crippen LogP contribution in [0, 0.1) is 0 Å². The molecule has 0 bridgehead atoms. The van der Waals surface area contributed by atoms with E-state index in [0.717, 1.165) is 5.69 Å². The molecule has 0 saturated heterocycles. The summed E-state index contributed by atoms with van der Waals surface area (Å²) in [7, 11) is 0. The molecule has 0 spiro atoms. The van der Waals surface area contributed by atoms with Crippen LogP contribution in [0.5, 0.6) is 0 Å². The average Bonchev–Trinajstić information content (AvgIpc) is 3.09. The number of hydrogen-bond donors (Lipinski definition) is 2. The Morgan fingerprint density at radius 3 is 2.32 bits per heavy atom. The number of carbonyl (C=O) groups excluding carboxylic acids is 2. The number of rotatable bonds is 6. The van der Waals surface area contributed by atoms with Gasteiger partial charge in [0.2, 0.25) is 11.8 Å². The maximum atomic E-state index is 12.3. The van der Waals surface area contributed by atoms with Crippen LogP contribution in [0.3, 0.4) is 0 Å². The second-order valence-corrected chi connectivity index (χ2v) is 5.45. The molecule has 0 radical (unpaired) electrons. The van der Waals surface area contributed by atoms with Crippen LogP contribution >= 0.6 is 0 Å². The van der Waals surface area contributed by atoms with Gasteiger partial charge in [0.15, 0.2) is 0 Å². The van der Waals surface area contributed by atoms with Crippen molar-refractivity contribution in [1.82, 2.24) is 20.3 Å². The standard InChI is InChI=1S/C18H17N5O2/c19-18(25)17(13-7-3-1-4-8-13)21-16(24)11-14-12-20-23(22-14)15-9-5-2-6-10-15/h1-10,12,17H,11H2,(H2,19,25)(H,21,24)/t17-/m0/s1. The van der Waals surface area contributed by atoms with Gasteiger partial charge in [0.05, 0.1) is 24.0 Å². The first-order valence-corrected chi connectivity index (χ1v) is 7.74. The molecule has 0 unspecified atom stereocenters. The molecule has 0 aliphatic carbocycles. The van der Waals surface area contributed by atoms with Crippen molar-refractivity contribution in [2.75, 3.05) is 0 Å². The summed E-state index contributed by atoms with van der Waals surface area (Å²) in [6.45, 7) is 0. The van der Waals surface area contributed by atoms with Gasteiger partial charge in [-0.05, 0) is 17.7 Å². The van der Waals surface area contributed by atoms with Gasteiger partial charge in [0, 0.05) is 0 Å². The number of nitrogens with two attached hydrogens (primary N) is 1. The lowest BCUT2D eigenvalue weighted by atomic mass is 10.1. The van der Waals surface area contributed by atoms with E-state index in [1.807, 2.05) is 36.4 Å². The van der Waals surface area contributed by atoms with E-state index in [1.165, 1.54) is 11.0 Å². The quantitative estimate of drug-likeness (QED) is 0.705. The largest absolute Gasteiger partial charge is 0.368 e. The van der Waals surface area contributed by atoms with Crippen LogP contribution in [0.4, 0.5) is 0 Å². The molecule has 0 aliphatic rings. The molecule has 3 rings (SSSR count). The predicted octanol–water partition coefficient (Wildman–Crippen LogP) is 1.15. The van der Waals surface area contributed by atoms with Gasteiger partial charge in [-0.2, -0.15) is 15.0 Å². The monoisotopic (exact) mass is 335 g/mol. The van der Waals surface area contributed by atoms with Crippen LogP contribution in [0.1, 0.15) is 17.3 Å². The number of primary amides is 1. The lowest BCUT2D eigenvalue weighted by Crippen LogP contribution is -2.38. The third-order valence-corrected chi connectivity index (χ3v) is 3.59. The Bertz CT molecular complexity index is 861. The molecule has 3 N–H and O–H groups in total. The predicted molar refractivity (Wildman–Crippen MR) is 91.6 cm³/mol. The molecule has 3 aromatic rings. The molecule has 1 aromatic heterocycles. The summed E-state index contributed by atoms with van der Waals surface area (Å²) in [4.78, 5) is 25.4. The van der Waals surface area contributed by atoms with Crippen molar-refractivity contribution in [1.29, 1.82) is 0 Å². The van der Waals surface area contributed by atoms with Crippen molar-refractivity contribution < 1.29 is 9.59 Å². The van der Waals surface area contributed by atoms with Gasteiger partial charge in [-0.1, -0.05) is 48.5 Å². The van der Waals surface area contributed by atoms with E-state index >= 15 is 0 Å². The zero-order valence-corrected chi connectivity index (χ0v) is 13.4. The van der Waals surface area contributed by atoms with Crippen LogP contribution in [0.15, 0.2) is 66.9 Å². The Morgan fingerprint density at radius 1 is 1.04 bits per heavy atom. The van der Waals surface area contributed by atoms with Crippen molar-refractivity contribution in [3.05, 3.63) is 78.1 Å². The Kier molecular flexibility index (Phi) is 4.84. The van der Waals surface area contributed by atoms with E-state index in [2.05, 4.69) is 15.5 Å². The smallest absolute Gasteiger partial charge is 0.244 e. The first kappa shape index (κ1) is 16.4. The molecule has 2 amide bonds. The van der Waals surface area contributed by atoms with E-state index in [9.17, 15) is 9.59 Å². The molecule has 1 heterocycles. The minimum absolute atomic E-state index is 0.00342. The SMILES string of the molecule is NC(=O)[C@@H](NC(=O)Cc1cnn(-c2ccccc2)n1)c1ccccc1. The second-order valence-electron chi connectivity index (χ2n) is 5.45. The highest BCUT2D eigenvalue weighted by Crippen LogP contribution is 2.12. The molecular weight excluding hydrogens is 318 g/mol. The van der Waals surface area contributed by atoms with Crippen molar-refractivity contribution in [3.63, 3.8) is 0 Å². The van der Waals surface area contributed by atoms with Crippen LogP contribution in [-0.2, 0) is 16.0 Å². The number of aromatic nitrogens is 3. The maximum Gasteiger partial charge on any atom is 0.244 e. The van der Waals surface area contributed by atoms with Gasteiger partial charge in [0.1, 0.15) is 6.04 Å². The lowest BCUT2D eigenvalue weighted by Gasteiger charge is -2.15. The molecule has 126 valence electrons. The third kappa shape index (κ3) is 4.08. The number of nitrogens with one attached hydrogen (secondary N) is 1. The van der Waals surface area contributed by atoms with Crippen LogP contribution in [-0.4, -0.2) is 26.8 Å². The topological polar surface area (TPSA) is 103 Å². The van der Waals surface area contributed by atoms with Crippen molar-refractivity contribution in [2.45, 2.75) is 12.5 Å². The van der Waals surface area contributed by atoms with Crippen LogP contribution in [0.2, 0.25) is 0 Å². The zero-order valence-electron chi connectivity index (χ0n) is 13.4. The molecule has 0 saturated carbocycles. The van der Waals surface area contributed by atoms with E-state index in [0.29, 0.717) is 11.3 Å². The molecule has 7 nitrogen and oxygen atoms in total. The van der Waals surface area contributed by atoms with Gasteiger partial charge in [-0.15, -0.1) is 0 Å². The summed E-state index contributed by atoms with van der Waals surface area (Å²) in [5.41, 5.74) is 7.34. The van der Waals surface area contributed by atoms with E-state index in [4.69, 9.17) is 5.73 Å². The number of nitrogens with zero attached hydrogens (tertiary/aromatic N) is 3. The summed E-state index contributed by atoms with van der Waals surface area (Å²) in [6, 6.07) is 17.4. The van der Waals surface area contributed by atoms with E-state index < -0.39 is 11.9 Å². The fourth-order valence-electron chi connectivity index (χ4n) is 2.40. The molecule has 2 aromatic carbocycles. The van der Waals surface area contributed by atoms with E-state index in [-0.39, 0.29) is 12.3 Å². The first-order chi connectivity index (χ1) is 12.1. The normalized spacial score (nSPS) is 11.7. The van der Waals surface area contributed by atoms with Crippen LogP contribution < -0.4 is 11.1 Å². The lowest BCUT2D eigenvalue weighted by molar-refractivity contribution is -0.127. The third-order valence-electron chi connectivity index (χ3n) is 3.59. The minimum atomic E-state index is -0.877. The number of para-hydroxylation sites is 1. The summed E-state index contributed by atoms with van der Waals surface area (Å²) in [5, 5.41) is 11.1. The van der Waals surface area contributed by atoms with Gasteiger partial charge in [-0.25, -0.2) is 0 Å². The molecule has 0 aliphatic heterocycles.